The molecule has 0 spiro atoms. The van der Waals surface area contributed by atoms with Crippen LogP contribution >= 0.6 is 11.8 Å². The molecule has 2 rings (SSSR count). The van der Waals surface area contributed by atoms with E-state index in [0.29, 0.717) is 0 Å². The molecule has 0 N–H and O–H groups in total. The predicted molar refractivity (Wildman–Crippen MR) is 105 cm³/mol. The minimum atomic E-state index is -4.94. The van der Waals surface area contributed by atoms with Crippen LogP contribution in [0.1, 0.15) is 41.5 Å². The topological polar surface area (TPSA) is 95.2 Å². The lowest BCUT2D eigenvalue weighted by atomic mass is 9.90. The van der Waals surface area contributed by atoms with E-state index in [-0.39, 0.29) is 10.8 Å². The van der Waals surface area contributed by atoms with Crippen molar-refractivity contribution in [1.82, 2.24) is 0 Å². The van der Waals surface area contributed by atoms with Gasteiger partial charge in [-0.1, -0.05) is 53.3 Å². The molecule has 0 aromatic rings. The highest BCUT2D eigenvalue weighted by Crippen LogP contribution is 2.49. The van der Waals surface area contributed by atoms with Crippen LogP contribution in [0.5, 0.6) is 0 Å². The first-order valence-corrected chi connectivity index (χ1v) is 10.9. The van der Waals surface area contributed by atoms with Crippen LogP contribution in [0.2, 0.25) is 0 Å². The molecule has 0 aromatic carbocycles. The van der Waals surface area contributed by atoms with E-state index < -0.39 is 10.2 Å². The van der Waals surface area contributed by atoms with Crippen molar-refractivity contribution in [2.45, 2.75) is 41.5 Å². The molecule has 7 heteroatoms. The van der Waals surface area contributed by atoms with Crippen molar-refractivity contribution in [3.8, 4) is 0 Å². The first-order valence-electron chi connectivity index (χ1n) is 8.87. The summed E-state index contributed by atoms with van der Waals surface area (Å²) >= 11 is 1.94. The number of hydrogen-bond donors (Lipinski definition) is 0. The quantitative estimate of drug-likeness (QED) is 0.537. The van der Waals surface area contributed by atoms with Gasteiger partial charge in [0.05, 0.1) is 0 Å². The molecule has 1 aliphatic heterocycles. The van der Waals surface area contributed by atoms with E-state index in [2.05, 4.69) is 96.7 Å². The zero-order valence-electron chi connectivity index (χ0n) is 17.8. The van der Waals surface area contributed by atoms with Gasteiger partial charge in [-0.05, 0) is 56.1 Å². The van der Waals surface area contributed by atoms with Crippen molar-refractivity contribution in [1.29, 1.82) is 0 Å². The van der Waals surface area contributed by atoms with E-state index in [4.69, 9.17) is 18.6 Å². The molecule has 0 unspecified atom stereocenters. The number of allylic oxidation sites excluding steroid dienone is 10. The van der Waals surface area contributed by atoms with E-state index in [0.717, 1.165) is 0 Å². The van der Waals surface area contributed by atoms with Gasteiger partial charge in [0.2, 0.25) is 0 Å². The molecule has 0 radical (unpaired) electrons. The van der Waals surface area contributed by atoms with E-state index in [1.807, 2.05) is 11.8 Å². The second kappa shape index (κ2) is 9.11. The van der Waals surface area contributed by atoms with Gasteiger partial charge in [0.15, 0.2) is 5.71 Å². The third-order valence-electron chi connectivity index (χ3n) is 3.99. The van der Waals surface area contributed by atoms with Gasteiger partial charge in [-0.2, -0.15) is 0 Å². The summed E-state index contributed by atoms with van der Waals surface area (Å²) in [7, 11) is -0.788. The fourth-order valence-electron chi connectivity index (χ4n) is 2.36. The average molecular weight is 428 g/mol. The second-order valence-electron chi connectivity index (χ2n) is 8.89. The summed E-state index contributed by atoms with van der Waals surface area (Å²) in [6.45, 7) is 13.8. The summed E-state index contributed by atoms with van der Waals surface area (Å²) in [5, 5.41) is 0. The summed E-state index contributed by atoms with van der Waals surface area (Å²) in [4.78, 5) is 2.88. The van der Waals surface area contributed by atoms with Gasteiger partial charge in [0.1, 0.15) is 14.1 Å². The van der Waals surface area contributed by atoms with Crippen molar-refractivity contribution in [2.75, 3.05) is 14.1 Å². The molecule has 0 bridgehead atoms. The first kappa shape index (κ1) is 24.9. The van der Waals surface area contributed by atoms with Gasteiger partial charge in [-0.3, -0.25) is 0 Å². The van der Waals surface area contributed by atoms with Crippen molar-refractivity contribution in [3.63, 3.8) is 0 Å². The molecular weight excluding hydrogens is 398 g/mol. The Morgan fingerprint density at radius 2 is 1.07 bits per heavy atom. The molecule has 156 valence electrons. The van der Waals surface area contributed by atoms with Crippen LogP contribution < -0.4 is 18.6 Å². The fraction of sp³-hybridized carbons (Fsp3) is 0.476. The molecule has 28 heavy (non-hydrogen) atoms. The van der Waals surface area contributed by atoms with Crippen LogP contribution in [0.25, 0.3) is 0 Å². The highest BCUT2D eigenvalue weighted by molar-refractivity contribution is 8.06. The minimum Gasteiger partial charge on any atom is -0.235 e. The van der Waals surface area contributed by atoms with Crippen molar-refractivity contribution >= 4 is 17.5 Å². The number of nitrogens with zero attached hydrogens (tertiary/aromatic N) is 1. The van der Waals surface area contributed by atoms with E-state index >= 15 is 0 Å². The van der Waals surface area contributed by atoms with E-state index in [1.165, 1.54) is 26.7 Å². The van der Waals surface area contributed by atoms with Crippen LogP contribution in [0.15, 0.2) is 57.4 Å². The lowest BCUT2D eigenvalue weighted by Crippen LogP contribution is -2.68. The smallest absolute Gasteiger partial charge is 0.199 e. The minimum absolute atomic E-state index is 0.171. The Balaban J connectivity index is 0.000000696. The monoisotopic (exact) mass is 427 g/mol. The third-order valence-corrected chi connectivity index (χ3v) is 5.89. The summed E-state index contributed by atoms with van der Waals surface area (Å²) in [5.74, 6) is 0. The highest BCUT2D eigenvalue weighted by atomic mass is 35.7. The van der Waals surface area contributed by atoms with Gasteiger partial charge in [0, 0.05) is 12.2 Å². The molecule has 0 aromatic heterocycles. The summed E-state index contributed by atoms with van der Waals surface area (Å²) < 4.78 is 36.1. The van der Waals surface area contributed by atoms with Crippen molar-refractivity contribution in [3.05, 3.63) is 57.4 Å². The maximum atomic E-state index is 8.49. The molecule has 1 heterocycles. The zero-order chi connectivity index (χ0) is 21.9. The third kappa shape index (κ3) is 8.47. The number of halogens is 1. The molecule has 0 atom stereocenters. The van der Waals surface area contributed by atoms with Crippen LogP contribution in [-0.4, -0.2) is 24.4 Å². The molecular formula is C21H30ClNO4S. The Hall–Kier alpha value is -1.15. The normalized spacial score (nSPS) is 17.8. The molecule has 0 saturated carbocycles. The Bertz CT molecular complexity index is 723. The van der Waals surface area contributed by atoms with Crippen molar-refractivity contribution < 1.29 is 33.5 Å². The fourth-order valence-corrected chi connectivity index (χ4v) is 3.58. The summed E-state index contributed by atoms with van der Waals surface area (Å²) in [5.41, 5.74) is 4.19. The predicted octanol–water partition coefficient (Wildman–Crippen LogP) is 0.973. The lowest BCUT2D eigenvalue weighted by Gasteiger charge is -2.32. The average Bonchev–Trinajstić information content (AvgIpc) is 2.51. The van der Waals surface area contributed by atoms with Crippen LogP contribution in [-0.2, 0) is 0 Å². The highest BCUT2D eigenvalue weighted by Gasteiger charge is 2.28. The zero-order valence-corrected chi connectivity index (χ0v) is 19.4. The first-order chi connectivity index (χ1) is 12.5. The van der Waals surface area contributed by atoms with Crippen molar-refractivity contribution in [2.24, 2.45) is 10.8 Å². The SMILES string of the molecule is C[N+](C)=C1C=CC(=C2C=C(C(C)(C)C)SC(C(C)(C)C)=C2)C=C1.[O-][Cl+3]([O-])([O-])[O-]. The standard InChI is InChI=1S/C21H30NS.ClHO4/c1-20(2,3)18-13-16(14-19(23-18)21(4,5)6)15-9-11-17(12-10-15)22(7)8;2-1(3,4)5/h9-14H,1-8H3;(H,2,3,4,5)/q+1;/p-1. The maximum absolute atomic E-state index is 8.49. The number of hydrogen-bond acceptors (Lipinski definition) is 5. The molecule has 0 saturated heterocycles. The van der Waals surface area contributed by atoms with Crippen LogP contribution in [0, 0.1) is 21.1 Å². The summed E-state index contributed by atoms with van der Waals surface area (Å²) in [6.07, 6.45) is 13.6. The van der Waals surface area contributed by atoms with Gasteiger partial charge >= 0.3 is 0 Å². The maximum Gasteiger partial charge on any atom is 0.199 e. The molecule has 0 fully saturated rings. The Kier molecular flexibility index (Phi) is 8.10. The Morgan fingerprint density at radius 3 is 1.36 bits per heavy atom. The molecule has 0 amide bonds. The van der Waals surface area contributed by atoms with Gasteiger partial charge in [-0.25, -0.2) is 23.2 Å². The Morgan fingerprint density at radius 1 is 0.714 bits per heavy atom. The lowest BCUT2D eigenvalue weighted by molar-refractivity contribution is -2.00. The largest absolute Gasteiger partial charge is 0.235 e. The molecule has 1 aliphatic carbocycles. The van der Waals surface area contributed by atoms with Crippen LogP contribution in [0.4, 0.5) is 0 Å². The molecule has 5 nitrogen and oxygen atoms in total. The van der Waals surface area contributed by atoms with Crippen LogP contribution in [0.3, 0.4) is 0 Å². The van der Waals surface area contributed by atoms with Gasteiger partial charge in [-0.15, -0.1) is 10.2 Å². The second-order valence-corrected chi connectivity index (χ2v) is 10.7. The number of rotatable bonds is 0. The van der Waals surface area contributed by atoms with Gasteiger partial charge in [0.25, 0.3) is 0 Å². The van der Waals surface area contributed by atoms with Gasteiger partial charge < -0.3 is 0 Å². The van der Waals surface area contributed by atoms with E-state index in [1.54, 1.807) is 0 Å². The number of thioether (sulfide) groups is 1. The molecule has 2 aliphatic rings. The Labute approximate surface area is 174 Å². The summed E-state index contributed by atoms with van der Waals surface area (Å²) in [6, 6.07) is 0. The van der Waals surface area contributed by atoms with E-state index in [9.17, 15) is 0 Å².